The van der Waals surface area contributed by atoms with Crippen LogP contribution in [-0.4, -0.2) is 51.3 Å². The number of carbonyl (C=O) groups is 1. The molecule has 3 aromatic carbocycles. The summed E-state index contributed by atoms with van der Waals surface area (Å²) < 4.78 is 16.5. The van der Waals surface area contributed by atoms with Crippen LogP contribution in [-0.2, 0) is 6.54 Å². The van der Waals surface area contributed by atoms with Crippen LogP contribution < -0.4 is 19.1 Å². The van der Waals surface area contributed by atoms with E-state index in [9.17, 15) is 4.79 Å². The predicted molar refractivity (Wildman–Crippen MR) is 148 cm³/mol. The molecule has 1 heterocycles. The minimum Gasteiger partial charge on any atom is -0.496 e. The number of carbonyl (C=O) groups excluding carboxylic acids is 1. The van der Waals surface area contributed by atoms with Gasteiger partial charge >= 0.3 is 0 Å². The summed E-state index contributed by atoms with van der Waals surface area (Å²) >= 11 is 0. The maximum atomic E-state index is 14.0. The van der Waals surface area contributed by atoms with Crippen LogP contribution in [0, 0.1) is 0 Å². The fourth-order valence-electron chi connectivity index (χ4n) is 5.02. The monoisotopic (exact) mass is 502 g/mol. The van der Waals surface area contributed by atoms with E-state index < -0.39 is 0 Å². The number of hydrogen-bond acceptors (Lipinski definition) is 5. The molecular formula is C31H38N2O4. The Hall–Kier alpha value is -3.51. The van der Waals surface area contributed by atoms with Crippen molar-refractivity contribution in [1.29, 1.82) is 0 Å². The smallest absolute Gasteiger partial charge is 0.262 e. The van der Waals surface area contributed by atoms with Gasteiger partial charge < -0.3 is 19.1 Å². The molecule has 3 aromatic rings. The van der Waals surface area contributed by atoms with Crippen molar-refractivity contribution in [2.75, 3.05) is 39.3 Å². The first-order valence-electron chi connectivity index (χ1n) is 12.9. The van der Waals surface area contributed by atoms with Crippen molar-refractivity contribution in [2.24, 2.45) is 0 Å². The Bertz CT molecular complexity index is 1180. The number of benzene rings is 3. The van der Waals surface area contributed by atoms with Gasteiger partial charge in [-0.15, -0.1) is 0 Å². The van der Waals surface area contributed by atoms with Gasteiger partial charge in [-0.3, -0.25) is 9.69 Å². The zero-order chi connectivity index (χ0) is 26.4. The summed E-state index contributed by atoms with van der Waals surface area (Å²) in [7, 11) is 4.82. The first-order chi connectivity index (χ1) is 17.9. The molecule has 0 radical (unpaired) electrons. The molecule has 0 atom stereocenters. The second kappa shape index (κ2) is 12.2. The van der Waals surface area contributed by atoms with E-state index in [-0.39, 0.29) is 11.9 Å². The van der Waals surface area contributed by atoms with Gasteiger partial charge in [0.1, 0.15) is 5.75 Å². The SMILES string of the molecule is COc1ccc(N(C(=O)c2ccccc2OC)C2CCN(Cc3ccc(C(C)C)cc3)CC2)cc1OC. The Morgan fingerprint density at radius 1 is 0.865 bits per heavy atom. The number of ether oxygens (including phenoxy) is 3. The minimum atomic E-state index is -0.0765. The van der Waals surface area contributed by atoms with E-state index in [2.05, 4.69) is 43.0 Å². The molecule has 1 aliphatic rings. The second-order valence-corrected chi connectivity index (χ2v) is 9.82. The van der Waals surface area contributed by atoms with E-state index in [0.29, 0.717) is 28.7 Å². The lowest BCUT2D eigenvalue weighted by atomic mass is 9.99. The molecule has 1 saturated heterocycles. The third kappa shape index (κ3) is 6.08. The Labute approximate surface area is 220 Å². The Morgan fingerprint density at radius 2 is 1.51 bits per heavy atom. The normalized spacial score (nSPS) is 14.4. The maximum absolute atomic E-state index is 14.0. The molecule has 0 aromatic heterocycles. The van der Waals surface area contributed by atoms with Gasteiger partial charge in [0.25, 0.3) is 5.91 Å². The topological polar surface area (TPSA) is 51.2 Å². The van der Waals surface area contributed by atoms with Gasteiger partial charge in [0.05, 0.1) is 26.9 Å². The lowest BCUT2D eigenvalue weighted by Gasteiger charge is -2.39. The van der Waals surface area contributed by atoms with Crippen molar-refractivity contribution in [3.63, 3.8) is 0 Å². The molecule has 0 spiro atoms. The highest BCUT2D eigenvalue weighted by Crippen LogP contribution is 2.35. The molecule has 1 aliphatic heterocycles. The first kappa shape index (κ1) is 26.6. The highest BCUT2D eigenvalue weighted by Gasteiger charge is 2.31. The van der Waals surface area contributed by atoms with Crippen molar-refractivity contribution in [1.82, 2.24) is 4.90 Å². The molecule has 6 nitrogen and oxygen atoms in total. The van der Waals surface area contributed by atoms with Crippen LogP contribution in [0.15, 0.2) is 66.7 Å². The number of piperidine rings is 1. The maximum Gasteiger partial charge on any atom is 0.262 e. The third-order valence-electron chi connectivity index (χ3n) is 7.18. The van der Waals surface area contributed by atoms with Crippen molar-refractivity contribution >= 4 is 11.6 Å². The minimum absolute atomic E-state index is 0.0510. The average Bonchev–Trinajstić information content (AvgIpc) is 2.94. The summed E-state index contributed by atoms with van der Waals surface area (Å²) in [4.78, 5) is 18.4. The molecule has 0 saturated carbocycles. The summed E-state index contributed by atoms with van der Waals surface area (Å²) in [6, 6.07) is 22.1. The second-order valence-electron chi connectivity index (χ2n) is 9.82. The quantitative estimate of drug-likeness (QED) is 0.351. The molecule has 0 bridgehead atoms. The Kier molecular flexibility index (Phi) is 8.72. The van der Waals surface area contributed by atoms with Crippen molar-refractivity contribution in [3.8, 4) is 17.2 Å². The predicted octanol–water partition coefficient (Wildman–Crippen LogP) is 6.15. The van der Waals surface area contributed by atoms with Crippen LogP contribution in [0.2, 0.25) is 0 Å². The van der Waals surface area contributed by atoms with E-state index in [1.165, 1.54) is 11.1 Å². The van der Waals surface area contributed by atoms with Gasteiger partial charge in [0, 0.05) is 37.4 Å². The number of amides is 1. The summed E-state index contributed by atoms with van der Waals surface area (Å²) in [5.74, 6) is 2.26. The van der Waals surface area contributed by atoms with Crippen LogP contribution in [0.4, 0.5) is 5.69 Å². The highest BCUT2D eigenvalue weighted by atomic mass is 16.5. The molecule has 6 heteroatoms. The van der Waals surface area contributed by atoms with Gasteiger partial charge in [0.2, 0.25) is 0 Å². The molecule has 0 aliphatic carbocycles. The Balaban J connectivity index is 1.56. The van der Waals surface area contributed by atoms with E-state index >= 15 is 0 Å². The average molecular weight is 503 g/mol. The fourth-order valence-corrected chi connectivity index (χ4v) is 5.02. The van der Waals surface area contributed by atoms with Gasteiger partial charge in [-0.1, -0.05) is 50.2 Å². The van der Waals surface area contributed by atoms with Crippen LogP contribution in [0.25, 0.3) is 0 Å². The number of rotatable bonds is 9. The standard InChI is InChI=1S/C31H38N2O4/c1-22(2)24-12-10-23(11-13-24)21-32-18-16-25(17-19-32)33(26-14-15-29(36-4)30(20-26)37-5)31(34)27-8-6-7-9-28(27)35-3/h6-15,20,22,25H,16-19,21H2,1-5H3. The van der Waals surface area contributed by atoms with Crippen LogP contribution in [0.3, 0.4) is 0 Å². The summed E-state index contributed by atoms with van der Waals surface area (Å²) in [6.45, 7) is 7.19. The summed E-state index contributed by atoms with van der Waals surface area (Å²) in [6.07, 6.45) is 1.75. The van der Waals surface area contributed by atoms with Crippen molar-refractivity contribution in [2.45, 2.75) is 45.2 Å². The molecule has 4 rings (SSSR count). The Morgan fingerprint density at radius 3 is 2.14 bits per heavy atom. The number of likely N-dealkylation sites (tertiary alicyclic amines) is 1. The summed E-state index contributed by atoms with van der Waals surface area (Å²) in [5, 5.41) is 0. The summed E-state index contributed by atoms with van der Waals surface area (Å²) in [5.41, 5.74) is 4.02. The van der Waals surface area contributed by atoms with E-state index in [1.807, 2.05) is 47.4 Å². The van der Waals surface area contributed by atoms with Gasteiger partial charge in [-0.25, -0.2) is 0 Å². The number of anilines is 1. The number of methoxy groups -OCH3 is 3. The largest absolute Gasteiger partial charge is 0.496 e. The molecule has 0 N–H and O–H groups in total. The molecule has 196 valence electrons. The third-order valence-corrected chi connectivity index (χ3v) is 7.18. The first-order valence-corrected chi connectivity index (χ1v) is 12.9. The van der Waals surface area contributed by atoms with Crippen LogP contribution >= 0.6 is 0 Å². The molecule has 37 heavy (non-hydrogen) atoms. The molecule has 1 fully saturated rings. The lowest BCUT2D eigenvalue weighted by Crippen LogP contribution is -2.47. The van der Waals surface area contributed by atoms with E-state index in [1.54, 1.807) is 21.3 Å². The molecule has 1 amide bonds. The van der Waals surface area contributed by atoms with Gasteiger partial charge in [-0.2, -0.15) is 0 Å². The van der Waals surface area contributed by atoms with Crippen LogP contribution in [0.1, 0.15) is 54.1 Å². The highest BCUT2D eigenvalue weighted by molar-refractivity contribution is 6.08. The fraction of sp³-hybridized carbons (Fsp3) is 0.387. The van der Waals surface area contributed by atoms with Crippen molar-refractivity contribution in [3.05, 3.63) is 83.4 Å². The van der Waals surface area contributed by atoms with E-state index in [0.717, 1.165) is 38.2 Å². The molecular weight excluding hydrogens is 464 g/mol. The van der Waals surface area contributed by atoms with Crippen LogP contribution in [0.5, 0.6) is 17.2 Å². The lowest BCUT2D eigenvalue weighted by molar-refractivity contribution is 0.0955. The number of para-hydroxylation sites is 1. The molecule has 0 unspecified atom stereocenters. The van der Waals surface area contributed by atoms with Gasteiger partial charge in [-0.05, 0) is 54.2 Å². The number of nitrogens with zero attached hydrogens (tertiary/aromatic N) is 2. The number of hydrogen-bond donors (Lipinski definition) is 0. The van der Waals surface area contributed by atoms with Crippen molar-refractivity contribution < 1.29 is 19.0 Å². The van der Waals surface area contributed by atoms with E-state index in [4.69, 9.17) is 14.2 Å². The zero-order valence-corrected chi connectivity index (χ0v) is 22.6. The zero-order valence-electron chi connectivity index (χ0n) is 22.6. The van der Waals surface area contributed by atoms with Gasteiger partial charge in [0.15, 0.2) is 11.5 Å².